The fourth-order valence-electron chi connectivity index (χ4n) is 1.35. The Hall–Kier alpha value is -0.300. The van der Waals surface area contributed by atoms with Gasteiger partial charge in [-0.15, -0.1) is 0 Å². The van der Waals surface area contributed by atoms with Gasteiger partial charge in [-0.3, -0.25) is 0 Å². The van der Waals surface area contributed by atoms with Gasteiger partial charge in [-0.2, -0.15) is 0 Å². The Bertz CT molecular complexity index is 204. The molecule has 4 nitrogen and oxygen atoms in total. The second kappa shape index (κ2) is 9.61. The van der Waals surface area contributed by atoms with E-state index in [0.717, 1.165) is 12.8 Å². The minimum absolute atomic E-state index is 0.0276. The summed E-state index contributed by atoms with van der Waals surface area (Å²) in [7, 11) is 0. The molecule has 0 saturated heterocycles. The fraction of sp³-hybridized carbons (Fsp3) is 1.00. The van der Waals surface area contributed by atoms with Crippen LogP contribution in [0.2, 0.25) is 0 Å². The normalized spacial score (nSPS) is 14.2. The van der Waals surface area contributed by atoms with E-state index in [1.807, 2.05) is 0 Å². The number of rotatable bonds is 11. The van der Waals surface area contributed by atoms with Crippen LogP contribution >= 0.6 is 0 Å². The molecule has 0 aliphatic rings. The van der Waals surface area contributed by atoms with Gasteiger partial charge in [0, 0.05) is 13.2 Å². The van der Waals surface area contributed by atoms with Crippen LogP contribution in [0.5, 0.6) is 0 Å². The molecule has 6 heteroatoms. The molecular formula is C12H25F2NO3. The number of hydrogen-bond acceptors (Lipinski definition) is 4. The van der Waals surface area contributed by atoms with Crippen molar-refractivity contribution in [2.45, 2.75) is 38.7 Å². The highest BCUT2D eigenvalue weighted by molar-refractivity contribution is 4.69. The Morgan fingerprint density at radius 2 is 2.00 bits per heavy atom. The molecule has 0 amide bonds. The zero-order valence-corrected chi connectivity index (χ0v) is 11.2. The molecule has 0 bridgehead atoms. The Morgan fingerprint density at radius 3 is 2.56 bits per heavy atom. The number of halogens is 2. The molecule has 0 aromatic rings. The zero-order chi connectivity index (χ0) is 14.0. The first kappa shape index (κ1) is 17.7. The molecule has 1 atom stereocenters. The van der Waals surface area contributed by atoms with Crippen molar-refractivity contribution in [1.82, 2.24) is 5.32 Å². The lowest BCUT2D eigenvalue weighted by atomic mass is 10.1. The van der Waals surface area contributed by atoms with Gasteiger partial charge in [-0.05, 0) is 18.8 Å². The molecule has 0 saturated carbocycles. The molecule has 0 aromatic heterocycles. The molecule has 18 heavy (non-hydrogen) atoms. The van der Waals surface area contributed by atoms with E-state index in [1.54, 1.807) is 0 Å². The minimum atomic E-state index is -3.14. The molecule has 0 aliphatic carbocycles. The third-order valence-corrected chi connectivity index (χ3v) is 2.38. The zero-order valence-electron chi connectivity index (χ0n) is 11.2. The summed E-state index contributed by atoms with van der Waals surface area (Å²) in [5, 5.41) is 20.2. The summed E-state index contributed by atoms with van der Waals surface area (Å²) in [6.07, 6.45) is 1.19. The molecule has 0 radical (unpaired) electrons. The number of aliphatic hydroxyl groups is 2. The maximum absolute atomic E-state index is 12.6. The second-order valence-electron chi connectivity index (χ2n) is 4.91. The third-order valence-electron chi connectivity index (χ3n) is 2.38. The summed E-state index contributed by atoms with van der Waals surface area (Å²) in [6.45, 7) is 3.15. The Morgan fingerprint density at radius 1 is 1.33 bits per heavy atom. The van der Waals surface area contributed by atoms with Crippen LogP contribution < -0.4 is 5.32 Å². The molecule has 0 heterocycles. The van der Waals surface area contributed by atoms with Crippen molar-refractivity contribution in [2.75, 3.05) is 32.9 Å². The van der Waals surface area contributed by atoms with Gasteiger partial charge in [0.05, 0.1) is 19.3 Å². The summed E-state index contributed by atoms with van der Waals surface area (Å²) in [5.74, 6) is -2.52. The first-order chi connectivity index (χ1) is 8.37. The average molecular weight is 269 g/mol. The predicted octanol–water partition coefficient (Wildman–Crippen LogP) is 1.02. The summed E-state index contributed by atoms with van der Waals surface area (Å²) in [6, 6.07) is 0. The van der Waals surface area contributed by atoms with E-state index in [2.05, 4.69) is 19.2 Å². The van der Waals surface area contributed by atoms with Crippen LogP contribution in [0.4, 0.5) is 8.78 Å². The van der Waals surface area contributed by atoms with Crippen LogP contribution in [0, 0.1) is 5.92 Å². The van der Waals surface area contributed by atoms with E-state index >= 15 is 0 Å². The average Bonchev–Trinajstić information content (AvgIpc) is 2.28. The van der Waals surface area contributed by atoms with Crippen molar-refractivity contribution >= 4 is 0 Å². The van der Waals surface area contributed by atoms with Gasteiger partial charge in [0.25, 0.3) is 5.92 Å². The smallest absolute Gasteiger partial charge is 0.282 e. The van der Waals surface area contributed by atoms with E-state index in [-0.39, 0.29) is 13.2 Å². The Labute approximate surface area is 107 Å². The molecule has 0 aliphatic heterocycles. The number of aliphatic hydroxyl groups excluding tert-OH is 2. The van der Waals surface area contributed by atoms with Gasteiger partial charge in [-0.25, -0.2) is 8.78 Å². The minimum Gasteiger partial charge on any atom is -0.390 e. The largest absolute Gasteiger partial charge is 0.390 e. The topological polar surface area (TPSA) is 61.7 Å². The van der Waals surface area contributed by atoms with Crippen LogP contribution in [-0.2, 0) is 4.74 Å². The van der Waals surface area contributed by atoms with Crippen molar-refractivity contribution in [2.24, 2.45) is 5.92 Å². The lowest BCUT2D eigenvalue weighted by molar-refractivity contribution is -0.0503. The predicted molar refractivity (Wildman–Crippen MR) is 65.8 cm³/mol. The van der Waals surface area contributed by atoms with Crippen molar-refractivity contribution in [1.29, 1.82) is 0 Å². The van der Waals surface area contributed by atoms with Crippen molar-refractivity contribution in [3.63, 3.8) is 0 Å². The highest BCUT2D eigenvalue weighted by Gasteiger charge is 2.27. The summed E-state index contributed by atoms with van der Waals surface area (Å²) < 4.78 is 30.4. The van der Waals surface area contributed by atoms with Crippen LogP contribution in [-0.4, -0.2) is 55.1 Å². The summed E-state index contributed by atoms with van der Waals surface area (Å²) in [4.78, 5) is 0. The molecule has 0 fully saturated rings. The SMILES string of the molecule is CC(C)CCCOCC(O)CNCC(F)(F)CO. The summed E-state index contributed by atoms with van der Waals surface area (Å²) in [5.41, 5.74) is 0. The molecule has 1 unspecified atom stereocenters. The van der Waals surface area contributed by atoms with Gasteiger partial charge < -0.3 is 20.3 Å². The van der Waals surface area contributed by atoms with E-state index in [4.69, 9.17) is 9.84 Å². The van der Waals surface area contributed by atoms with Crippen LogP contribution in [0.1, 0.15) is 26.7 Å². The van der Waals surface area contributed by atoms with Crippen molar-refractivity contribution in [3.05, 3.63) is 0 Å². The maximum atomic E-state index is 12.6. The first-order valence-corrected chi connectivity index (χ1v) is 6.32. The highest BCUT2D eigenvalue weighted by Crippen LogP contribution is 2.09. The van der Waals surface area contributed by atoms with Gasteiger partial charge >= 0.3 is 0 Å². The molecule has 0 aromatic carbocycles. The monoisotopic (exact) mass is 269 g/mol. The second-order valence-corrected chi connectivity index (χ2v) is 4.91. The van der Waals surface area contributed by atoms with E-state index in [1.165, 1.54) is 0 Å². The fourth-order valence-corrected chi connectivity index (χ4v) is 1.35. The number of hydrogen-bond donors (Lipinski definition) is 3. The Kier molecular flexibility index (Phi) is 9.45. The van der Waals surface area contributed by atoms with Crippen LogP contribution in [0.15, 0.2) is 0 Å². The van der Waals surface area contributed by atoms with E-state index < -0.39 is 25.2 Å². The van der Waals surface area contributed by atoms with E-state index in [9.17, 15) is 13.9 Å². The maximum Gasteiger partial charge on any atom is 0.282 e. The van der Waals surface area contributed by atoms with E-state index in [0.29, 0.717) is 12.5 Å². The molecule has 110 valence electrons. The number of nitrogens with one attached hydrogen (secondary N) is 1. The van der Waals surface area contributed by atoms with Crippen molar-refractivity contribution < 1.29 is 23.7 Å². The quantitative estimate of drug-likeness (QED) is 0.490. The number of ether oxygens (including phenoxy) is 1. The highest BCUT2D eigenvalue weighted by atomic mass is 19.3. The lowest BCUT2D eigenvalue weighted by Crippen LogP contribution is -2.40. The molecular weight excluding hydrogens is 244 g/mol. The van der Waals surface area contributed by atoms with Crippen LogP contribution in [0.3, 0.4) is 0 Å². The molecule has 0 rings (SSSR count). The third kappa shape index (κ3) is 10.8. The van der Waals surface area contributed by atoms with Crippen molar-refractivity contribution in [3.8, 4) is 0 Å². The lowest BCUT2D eigenvalue weighted by Gasteiger charge is -2.16. The first-order valence-electron chi connectivity index (χ1n) is 6.32. The summed E-state index contributed by atoms with van der Waals surface area (Å²) >= 11 is 0. The van der Waals surface area contributed by atoms with Gasteiger partial charge in [-0.1, -0.05) is 13.8 Å². The van der Waals surface area contributed by atoms with Gasteiger partial charge in [0.2, 0.25) is 0 Å². The molecule has 0 spiro atoms. The van der Waals surface area contributed by atoms with Crippen LogP contribution in [0.25, 0.3) is 0 Å². The molecule has 3 N–H and O–H groups in total. The van der Waals surface area contributed by atoms with Gasteiger partial charge in [0.1, 0.15) is 6.61 Å². The van der Waals surface area contributed by atoms with Gasteiger partial charge in [0.15, 0.2) is 0 Å². The Balaban J connectivity index is 3.40. The number of alkyl halides is 2. The standard InChI is InChI=1S/C12H25F2NO3/c1-10(2)4-3-5-18-7-11(17)6-15-8-12(13,14)9-16/h10-11,15-17H,3-9H2,1-2H3.